The van der Waals surface area contributed by atoms with Crippen LogP contribution in [-0.4, -0.2) is 45.8 Å². The predicted molar refractivity (Wildman–Crippen MR) is 88.7 cm³/mol. The van der Waals surface area contributed by atoms with Crippen LogP contribution in [0.3, 0.4) is 0 Å². The molecular formula is C17H17FN4O3. The van der Waals surface area contributed by atoms with Gasteiger partial charge in [-0.3, -0.25) is 4.79 Å². The summed E-state index contributed by atoms with van der Waals surface area (Å²) in [4.78, 5) is 30.3. The summed E-state index contributed by atoms with van der Waals surface area (Å²) >= 11 is 0. The molecule has 2 aliphatic heterocycles. The van der Waals surface area contributed by atoms with Gasteiger partial charge in [-0.25, -0.2) is 14.2 Å². The van der Waals surface area contributed by atoms with Gasteiger partial charge in [-0.15, -0.1) is 0 Å². The Morgan fingerprint density at radius 2 is 2.16 bits per heavy atom. The second-order valence-electron chi connectivity index (χ2n) is 7.13. The van der Waals surface area contributed by atoms with Crippen LogP contribution >= 0.6 is 0 Å². The van der Waals surface area contributed by atoms with Crippen molar-refractivity contribution in [2.45, 2.75) is 37.4 Å². The number of carboxylic acid groups (broad SMARTS) is 1. The van der Waals surface area contributed by atoms with Crippen LogP contribution in [0.15, 0.2) is 17.1 Å². The van der Waals surface area contributed by atoms with Crippen molar-refractivity contribution in [2.75, 3.05) is 18.0 Å². The molecule has 0 aromatic carbocycles. The van der Waals surface area contributed by atoms with E-state index in [4.69, 9.17) is 0 Å². The Morgan fingerprint density at radius 1 is 1.36 bits per heavy atom. The number of anilines is 1. The number of nitrogens with zero attached hydrogens (tertiary/aromatic N) is 3. The SMILES string of the molecule is O=C(O)c1cn(C2CC2)c2nc(N3C[C@H]4CC3CN4)c(F)cc2c1=O. The third kappa shape index (κ3) is 2.17. The summed E-state index contributed by atoms with van der Waals surface area (Å²) in [5, 5.41) is 12.7. The fraction of sp³-hybridized carbons (Fsp3) is 0.471. The number of halogens is 1. The molecule has 2 atom stereocenters. The number of piperazine rings is 1. The highest BCUT2D eigenvalue weighted by Gasteiger charge is 2.39. The average Bonchev–Trinajstić information content (AvgIpc) is 3.21. The smallest absolute Gasteiger partial charge is 0.341 e. The van der Waals surface area contributed by atoms with E-state index < -0.39 is 17.2 Å². The quantitative estimate of drug-likeness (QED) is 0.868. The largest absolute Gasteiger partial charge is 0.477 e. The number of aromatic nitrogens is 2. The molecule has 1 saturated carbocycles. The number of nitrogens with one attached hydrogen (secondary N) is 1. The maximum Gasteiger partial charge on any atom is 0.341 e. The molecule has 2 bridgehead atoms. The van der Waals surface area contributed by atoms with Gasteiger partial charge >= 0.3 is 5.97 Å². The Labute approximate surface area is 142 Å². The number of hydrogen-bond donors (Lipinski definition) is 2. The van der Waals surface area contributed by atoms with Crippen molar-refractivity contribution in [3.8, 4) is 0 Å². The van der Waals surface area contributed by atoms with Crippen LogP contribution in [0, 0.1) is 5.82 Å². The fourth-order valence-electron chi connectivity index (χ4n) is 4.04. The number of fused-ring (bicyclic) bond motifs is 3. The predicted octanol–water partition coefficient (Wildman–Crippen LogP) is 1.12. The average molecular weight is 344 g/mol. The molecule has 5 rings (SSSR count). The van der Waals surface area contributed by atoms with Crippen molar-refractivity contribution >= 4 is 22.8 Å². The van der Waals surface area contributed by atoms with Crippen molar-refractivity contribution in [3.05, 3.63) is 33.9 Å². The summed E-state index contributed by atoms with van der Waals surface area (Å²) in [5.41, 5.74) is -0.635. The molecule has 8 heteroatoms. The molecule has 1 unspecified atom stereocenters. The standard InChI is InChI=1S/C17H17FN4O3/c18-13-4-11-14(23)12(17(24)25)7-22(9-1-2-9)15(11)20-16(13)21-6-8-3-10(21)5-19-8/h4,7-10,19H,1-3,5-6H2,(H,24,25)/t8-,10?/m1/s1. The second kappa shape index (κ2) is 5.01. The van der Waals surface area contributed by atoms with Crippen molar-refractivity contribution < 1.29 is 14.3 Å². The maximum atomic E-state index is 14.7. The lowest BCUT2D eigenvalue weighted by atomic mass is 10.1. The van der Waals surface area contributed by atoms with Crippen molar-refractivity contribution in [1.29, 1.82) is 0 Å². The van der Waals surface area contributed by atoms with E-state index in [0.717, 1.165) is 31.9 Å². The first-order chi connectivity index (χ1) is 12.0. The Morgan fingerprint density at radius 3 is 2.76 bits per heavy atom. The van der Waals surface area contributed by atoms with Gasteiger partial charge in [0.25, 0.3) is 0 Å². The summed E-state index contributed by atoms with van der Waals surface area (Å²) in [6.07, 6.45) is 4.14. The van der Waals surface area contributed by atoms with Crippen LogP contribution in [0.1, 0.15) is 35.7 Å². The summed E-state index contributed by atoms with van der Waals surface area (Å²) in [5.74, 6) is -1.60. The summed E-state index contributed by atoms with van der Waals surface area (Å²) in [7, 11) is 0. The van der Waals surface area contributed by atoms with Gasteiger partial charge < -0.3 is 19.9 Å². The van der Waals surface area contributed by atoms with Gasteiger partial charge in [-0.2, -0.15) is 0 Å². The van der Waals surface area contributed by atoms with Crippen molar-refractivity contribution in [3.63, 3.8) is 0 Å². The number of carboxylic acids is 1. The topological polar surface area (TPSA) is 87.5 Å². The maximum absolute atomic E-state index is 14.7. The van der Waals surface area contributed by atoms with Gasteiger partial charge in [0.15, 0.2) is 11.6 Å². The Bertz CT molecular complexity index is 968. The first-order valence-corrected chi connectivity index (χ1v) is 8.51. The molecule has 7 nitrogen and oxygen atoms in total. The normalized spacial score (nSPS) is 25.1. The van der Waals surface area contributed by atoms with E-state index >= 15 is 0 Å². The Hall–Kier alpha value is -2.48. The zero-order valence-electron chi connectivity index (χ0n) is 13.4. The monoisotopic (exact) mass is 344 g/mol. The van der Waals surface area contributed by atoms with Crippen LogP contribution < -0.4 is 15.6 Å². The molecule has 3 fully saturated rings. The van der Waals surface area contributed by atoms with Crippen molar-refractivity contribution in [2.24, 2.45) is 0 Å². The summed E-state index contributed by atoms with van der Waals surface area (Å²) < 4.78 is 16.5. The molecule has 130 valence electrons. The molecule has 2 N–H and O–H groups in total. The van der Waals surface area contributed by atoms with E-state index in [-0.39, 0.29) is 28.9 Å². The van der Waals surface area contributed by atoms with Crippen LogP contribution in [0.25, 0.3) is 11.0 Å². The van der Waals surface area contributed by atoms with Crippen LogP contribution in [-0.2, 0) is 0 Å². The number of carbonyl (C=O) groups is 1. The molecule has 4 heterocycles. The van der Waals surface area contributed by atoms with Gasteiger partial charge in [-0.1, -0.05) is 0 Å². The van der Waals surface area contributed by atoms with Crippen LogP contribution in [0.4, 0.5) is 10.2 Å². The van der Waals surface area contributed by atoms with E-state index in [1.165, 1.54) is 6.20 Å². The number of pyridine rings is 2. The second-order valence-corrected chi connectivity index (χ2v) is 7.13. The lowest BCUT2D eigenvalue weighted by molar-refractivity contribution is 0.0695. The molecule has 25 heavy (non-hydrogen) atoms. The number of rotatable bonds is 3. The third-order valence-electron chi connectivity index (χ3n) is 5.44. The minimum absolute atomic E-state index is 0.0375. The molecule has 0 spiro atoms. The van der Waals surface area contributed by atoms with Crippen molar-refractivity contribution in [1.82, 2.24) is 14.9 Å². The Balaban J connectivity index is 1.73. The highest BCUT2D eigenvalue weighted by Crippen LogP contribution is 2.38. The van der Waals surface area contributed by atoms with E-state index in [1.807, 2.05) is 4.90 Å². The Kier molecular flexibility index (Phi) is 2.97. The highest BCUT2D eigenvalue weighted by molar-refractivity contribution is 5.92. The highest BCUT2D eigenvalue weighted by atomic mass is 19.1. The summed E-state index contributed by atoms with van der Waals surface area (Å²) in [6, 6.07) is 1.85. The van der Waals surface area contributed by atoms with Gasteiger partial charge in [0, 0.05) is 37.4 Å². The molecule has 2 aromatic rings. The van der Waals surface area contributed by atoms with Gasteiger partial charge in [-0.05, 0) is 25.3 Å². The lowest BCUT2D eigenvalue weighted by Gasteiger charge is -2.29. The molecule has 3 aliphatic rings. The van der Waals surface area contributed by atoms with E-state index in [9.17, 15) is 19.1 Å². The zero-order chi connectivity index (χ0) is 17.3. The van der Waals surface area contributed by atoms with Gasteiger partial charge in [0.2, 0.25) is 5.43 Å². The molecule has 0 radical (unpaired) electrons. The van der Waals surface area contributed by atoms with E-state index in [1.54, 1.807) is 4.57 Å². The molecular weight excluding hydrogens is 327 g/mol. The van der Waals surface area contributed by atoms with Gasteiger partial charge in [0.05, 0.1) is 5.39 Å². The lowest BCUT2D eigenvalue weighted by Crippen LogP contribution is -2.44. The summed E-state index contributed by atoms with van der Waals surface area (Å²) in [6.45, 7) is 1.50. The first-order valence-electron chi connectivity index (χ1n) is 8.51. The molecule has 2 saturated heterocycles. The number of hydrogen-bond acceptors (Lipinski definition) is 5. The molecule has 1 aliphatic carbocycles. The molecule has 0 amide bonds. The fourth-order valence-corrected chi connectivity index (χ4v) is 4.04. The molecule has 2 aromatic heterocycles. The van der Waals surface area contributed by atoms with Gasteiger partial charge in [0.1, 0.15) is 11.2 Å². The van der Waals surface area contributed by atoms with Crippen LogP contribution in [0.5, 0.6) is 0 Å². The minimum atomic E-state index is -1.30. The number of aromatic carboxylic acids is 1. The third-order valence-corrected chi connectivity index (χ3v) is 5.44. The van der Waals surface area contributed by atoms with E-state index in [0.29, 0.717) is 18.2 Å². The first kappa shape index (κ1) is 14.8. The minimum Gasteiger partial charge on any atom is -0.477 e. The van der Waals surface area contributed by atoms with Crippen LogP contribution in [0.2, 0.25) is 0 Å². The zero-order valence-corrected chi connectivity index (χ0v) is 13.4. The van der Waals surface area contributed by atoms with E-state index in [2.05, 4.69) is 10.3 Å².